The highest BCUT2D eigenvalue weighted by atomic mass is 35.5. The maximum atomic E-state index is 13.0. The summed E-state index contributed by atoms with van der Waals surface area (Å²) >= 11 is 11.7. The third-order valence-electron chi connectivity index (χ3n) is 4.66. The SMILES string of the molecule is O=C1NC(=O)N(c2ccc(Cl)cc2)C(=O)C1=Cc1cccn1-c1ccc(Cl)c([N+](=O)[O-])c1. The first kappa shape index (κ1) is 21.3. The normalized spacial score (nSPS) is 15.2. The molecule has 2 aromatic carbocycles. The van der Waals surface area contributed by atoms with Gasteiger partial charge in [0.05, 0.1) is 16.3 Å². The first-order valence-electron chi connectivity index (χ1n) is 9.05. The number of nitro benzene ring substituents is 1. The van der Waals surface area contributed by atoms with Crippen LogP contribution in [-0.2, 0) is 9.59 Å². The highest BCUT2D eigenvalue weighted by Gasteiger charge is 2.37. The van der Waals surface area contributed by atoms with Crippen molar-refractivity contribution in [1.82, 2.24) is 9.88 Å². The molecule has 0 radical (unpaired) electrons. The van der Waals surface area contributed by atoms with E-state index >= 15 is 0 Å². The van der Waals surface area contributed by atoms with Gasteiger partial charge in [0.1, 0.15) is 10.6 Å². The van der Waals surface area contributed by atoms with Gasteiger partial charge in [0, 0.05) is 23.0 Å². The number of hydrogen-bond acceptors (Lipinski definition) is 5. The number of nitro groups is 1. The largest absolute Gasteiger partial charge is 0.335 e. The molecule has 1 aromatic heterocycles. The number of aromatic nitrogens is 1. The zero-order valence-electron chi connectivity index (χ0n) is 16.0. The van der Waals surface area contributed by atoms with Gasteiger partial charge in [-0.15, -0.1) is 0 Å². The molecule has 1 saturated heterocycles. The van der Waals surface area contributed by atoms with Crippen molar-refractivity contribution in [2.45, 2.75) is 0 Å². The van der Waals surface area contributed by atoms with Crippen LogP contribution in [0.3, 0.4) is 0 Å². The maximum Gasteiger partial charge on any atom is 0.335 e. The van der Waals surface area contributed by atoms with Gasteiger partial charge in [-0.05, 0) is 54.6 Å². The second kappa shape index (κ2) is 8.29. The number of anilines is 1. The average Bonchev–Trinajstić information content (AvgIpc) is 3.21. The molecule has 2 heterocycles. The van der Waals surface area contributed by atoms with Crippen LogP contribution >= 0.6 is 23.2 Å². The van der Waals surface area contributed by atoms with E-state index in [0.717, 1.165) is 4.90 Å². The Labute approximate surface area is 190 Å². The lowest BCUT2D eigenvalue weighted by Crippen LogP contribution is -2.54. The summed E-state index contributed by atoms with van der Waals surface area (Å²) in [5.74, 6) is -1.68. The molecule has 9 nitrogen and oxygen atoms in total. The van der Waals surface area contributed by atoms with Crippen LogP contribution < -0.4 is 10.2 Å². The van der Waals surface area contributed by atoms with Crippen LogP contribution in [-0.4, -0.2) is 27.3 Å². The van der Waals surface area contributed by atoms with Crippen LogP contribution in [0, 0.1) is 10.1 Å². The summed E-state index contributed by atoms with van der Waals surface area (Å²) in [7, 11) is 0. The van der Waals surface area contributed by atoms with E-state index in [2.05, 4.69) is 5.32 Å². The number of barbiturate groups is 1. The fourth-order valence-corrected chi connectivity index (χ4v) is 3.48. The molecule has 32 heavy (non-hydrogen) atoms. The molecule has 11 heteroatoms. The molecule has 1 aliphatic heterocycles. The molecule has 3 aromatic rings. The number of nitrogens with one attached hydrogen (secondary N) is 1. The second-order valence-corrected chi connectivity index (χ2v) is 7.47. The number of amides is 4. The first-order valence-corrected chi connectivity index (χ1v) is 9.80. The Morgan fingerprint density at radius 3 is 2.34 bits per heavy atom. The fraction of sp³-hybridized carbons (Fsp3) is 0. The monoisotopic (exact) mass is 470 g/mol. The molecule has 0 saturated carbocycles. The van der Waals surface area contributed by atoms with Crippen molar-refractivity contribution < 1.29 is 19.3 Å². The number of carbonyl (C=O) groups excluding carboxylic acids is 3. The maximum absolute atomic E-state index is 13.0. The molecule has 4 rings (SSSR count). The lowest BCUT2D eigenvalue weighted by atomic mass is 10.1. The van der Waals surface area contributed by atoms with E-state index in [9.17, 15) is 24.5 Å². The van der Waals surface area contributed by atoms with Crippen molar-refractivity contribution in [3.05, 3.63) is 92.2 Å². The quantitative estimate of drug-likeness (QED) is 0.263. The summed E-state index contributed by atoms with van der Waals surface area (Å²) in [4.78, 5) is 49.2. The number of carbonyl (C=O) groups is 3. The third-order valence-corrected chi connectivity index (χ3v) is 5.24. The Hall–Kier alpha value is -3.95. The van der Waals surface area contributed by atoms with E-state index in [0.29, 0.717) is 16.4 Å². The van der Waals surface area contributed by atoms with Gasteiger partial charge in [-0.3, -0.25) is 25.0 Å². The van der Waals surface area contributed by atoms with E-state index in [4.69, 9.17) is 23.2 Å². The summed E-state index contributed by atoms with van der Waals surface area (Å²) < 4.78 is 1.54. The summed E-state index contributed by atoms with van der Waals surface area (Å²) in [5, 5.41) is 13.7. The Bertz CT molecular complexity index is 1310. The lowest BCUT2D eigenvalue weighted by molar-refractivity contribution is -0.384. The minimum Gasteiger partial charge on any atom is -0.317 e. The number of benzene rings is 2. The van der Waals surface area contributed by atoms with Crippen molar-refractivity contribution in [3.8, 4) is 5.69 Å². The Kier molecular flexibility index (Phi) is 5.52. The van der Waals surface area contributed by atoms with Crippen LogP contribution in [0.4, 0.5) is 16.2 Å². The highest BCUT2D eigenvalue weighted by molar-refractivity contribution is 6.39. The number of halogens is 2. The fourth-order valence-electron chi connectivity index (χ4n) is 3.17. The first-order chi connectivity index (χ1) is 15.3. The van der Waals surface area contributed by atoms with E-state index in [-0.39, 0.29) is 22.0 Å². The molecule has 1 N–H and O–H groups in total. The number of imide groups is 2. The molecule has 1 fully saturated rings. The van der Waals surface area contributed by atoms with Gasteiger partial charge in [0.15, 0.2) is 0 Å². The van der Waals surface area contributed by atoms with Gasteiger partial charge in [-0.2, -0.15) is 0 Å². The standard InChI is InChI=1S/C21H12Cl2N4O5/c22-12-3-5-13(6-4-12)26-20(29)16(19(28)24-21(26)30)10-14-2-1-9-25(14)15-7-8-17(23)18(11-15)27(31)32/h1-11H,(H,24,28,30). The average molecular weight is 471 g/mol. The van der Waals surface area contributed by atoms with Gasteiger partial charge < -0.3 is 4.57 Å². The predicted octanol–water partition coefficient (Wildman–Crippen LogP) is 4.36. The van der Waals surface area contributed by atoms with Crippen molar-refractivity contribution in [3.63, 3.8) is 0 Å². The zero-order chi connectivity index (χ0) is 23.0. The minimum absolute atomic E-state index is 0.0234. The molecule has 0 atom stereocenters. The van der Waals surface area contributed by atoms with Gasteiger partial charge >= 0.3 is 6.03 Å². The molecule has 0 aliphatic carbocycles. The zero-order valence-corrected chi connectivity index (χ0v) is 17.5. The Morgan fingerprint density at radius 2 is 1.66 bits per heavy atom. The molecular formula is C21H12Cl2N4O5. The van der Waals surface area contributed by atoms with Gasteiger partial charge in [0.25, 0.3) is 17.5 Å². The van der Waals surface area contributed by atoms with Gasteiger partial charge in [0.2, 0.25) is 0 Å². The molecule has 0 spiro atoms. The molecule has 1 aliphatic rings. The van der Waals surface area contributed by atoms with Crippen LogP contribution in [0.1, 0.15) is 5.69 Å². The van der Waals surface area contributed by atoms with Crippen molar-refractivity contribution in [2.24, 2.45) is 0 Å². The molecular weight excluding hydrogens is 459 g/mol. The van der Waals surface area contributed by atoms with Gasteiger partial charge in [-0.25, -0.2) is 9.69 Å². The number of rotatable bonds is 4. The molecule has 0 bridgehead atoms. The second-order valence-electron chi connectivity index (χ2n) is 6.63. The number of nitrogens with zero attached hydrogens (tertiary/aromatic N) is 3. The Balaban J connectivity index is 1.75. The highest BCUT2D eigenvalue weighted by Crippen LogP contribution is 2.29. The summed E-state index contributed by atoms with van der Waals surface area (Å²) in [6, 6.07) is 12.5. The third kappa shape index (κ3) is 3.86. The van der Waals surface area contributed by atoms with E-state index in [1.807, 2.05) is 0 Å². The minimum atomic E-state index is -0.886. The Morgan fingerprint density at radius 1 is 0.969 bits per heavy atom. The number of urea groups is 1. The lowest BCUT2D eigenvalue weighted by Gasteiger charge is -2.26. The topological polar surface area (TPSA) is 115 Å². The summed E-state index contributed by atoms with van der Waals surface area (Å²) in [6.07, 6.45) is 2.90. The van der Waals surface area contributed by atoms with Crippen molar-refractivity contribution in [2.75, 3.05) is 4.90 Å². The van der Waals surface area contributed by atoms with E-state index in [1.54, 1.807) is 29.0 Å². The van der Waals surface area contributed by atoms with Gasteiger partial charge in [-0.1, -0.05) is 23.2 Å². The predicted molar refractivity (Wildman–Crippen MR) is 118 cm³/mol. The molecule has 160 valence electrons. The van der Waals surface area contributed by atoms with Crippen LogP contribution in [0.5, 0.6) is 0 Å². The smallest absolute Gasteiger partial charge is 0.317 e. The molecule has 0 unspecified atom stereocenters. The van der Waals surface area contributed by atoms with E-state index < -0.39 is 22.8 Å². The summed E-state index contributed by atoms with van der Waals surface area (Å²) in [5.41, 5.74) is 0.433. The number of hydrogen-bond donors (Lipinski definition) is 1. The van der Waals surface area contributed by atoms with Crippen molar-refractivity contribution in [1.29, 1.82) is 0 Å². The summed E-state index contributed by atoms with van der Waals surface area (Å²) in [6.45, 7) is 0. The van der Waals surface area contributed by atoms with Crippen LogP contribution in [0.15, 0.2) is 66.4 Å². The van der Waals surface area contributed by atoms with E-state index in [1.165, 1.54) is 42.5 Å². The molecule has 4 amide bonds. The van der Waals surface area contributed by atoms with Crippen molar-refractivity contribution >= 4 is 58.5 Å². The van der Waals surface area contributed by atoms with Crippen LogP contribution in [0.2, 0.25) is 10.0 Å². The van der Waals surface area contributed by atoms with Crippen LogP contribution in [0.25, 0.3) is 11.8 Å².